The molecule has 0 saturated carbocycles. The number of rotatable bonds is 5. The molecule has 6 nitrogen and oxygen atoms in total. The number of nitrogens with zero attached hydrogens (tertiary/aromatic N) is 2. The summed E-state index contributed by atoms with van der Waals surface area (Å²) in [7, 11) is 1.74. The van der Waals surface area contributed by atoms with Crippen molar-refractivity contribution in [2.24, 2.45) is 5.73 Å². The number of likely N-dealkylation sites (N-methyl/N-ethyl adjacent to an activating group) is 1. The number of thiophene rings is 1. The molecule has 0 aliphatic rings. The Morgan fingerprint density at radius 1 is 1.45 bits per heavy atom. The van der Waals surface area contributed by atoms with Crippen molar-refractivity contribution in [3.05, 3.63) is 26.6 Å². The van der Waals surface area contributed by atoms with E-state index in [1.165, 1.54) is 11.3 Å². The van der Waals surface area contributed by atoms with Gasteiger partial charge in [-0.1, -0.05) is 0 Å². The Labute approximate surface area is 133 Å². The Hall–Kier alpha value is -1.73. The van der Waals surface area contributed by atoms with Crippen molar-refractivity contribution in [2.75, 3.05) is 13.6 Å². The van der Waals surface area contributed by atoms with Crippen LogP contribution in [-0.4, -0.2) is 40.4 Å². The van der Waals surface area contributed by atoms with Gasteiger partial charge in [0.25, 0.3) is 5.56 Å². The summed E-state index contributed by atoms with van der Waals surface area (Å²) in [4.78, 5) is 35.0. The fourth-order valence-corrected chi connectivity index (χ4v) is 3.27. The summed E-state index contributed by atoms with van der Waals surface area (Å²) in [6, 6.07) is 0.00424. The van der Waals surface area contributed by atoms with E-state index in [0.717, 1.165) is 15.3 Å². The van der Waals surface area contributed by atoms with E-state index >= 15 is 0 Å². The van der Waals surface area contributed by atoms with Crippen LogP contribution in [0.5, 0.6) is 0 Å². The number of fused-ring (bicyclic) bond motifs is 1. The quantitative estimate of drug-likeness (QED) is 0.869. The first-order valence-corrected chi connectivity index (χ1v) is 8.11. The molecule has 1 atom stereocenters. The lowest BCUT2D eigenvalue weighted by atomic mass is 10.2. The second-order valence-electron chi connectivity index (χ2n) is 5.57. The fourth-order valence-electron chi connectivity index (χ4n) is 2.22. The molecule has 0 spiro atoms. The normalized spacial score (nSPS) is 12.6. The zero-order valence-corrected chi connectivity index (χ0v) is 14.2. The first kappa shape index (κ1) is 16.6. The van der Waals surface area contributed by atoms with Crippen LogP contribution in [0.25, 0.3) is 10.2 Å². The van der Waals surface area contributed by atoms with Gasteiger partial charge in [0.2, 0.25) is 5.91 Å². The molecule has 3 N–H and O–H groups in total. The Morgan fingerprint density at radius 3 is 2.77 bits per heavy atom. The zero-order chi connectivity index (χ0) is 16.4. The number of carbonyl (C=O) groups excluding carboxylic acids is 1. The van der Waals surface area contributed by atoms with Crippen LogP contribution in [0.1, 0.15) is 29.6 Å². The highest BCUT2D eigenvalue weighted by Crippen LogP contribution is 2.25. The molecule has 1 unspecified atom stereocenters. The highest BCUT2D eigenvalue weighted by molar-refractivity contribution is 7.18. The third-order valence-electron chi connectivity index (χ3n) is 4.06. The van der Waals surface area contributed by atoms with E-state index in [1.54, 1.807) is 11.9 Å². The van der Waals surface area contributed by atoms with Crippen molar-refractivity contribution in [1.29, 1.82) is 0 Å². The van der Waals surface area contributed by atoms with Gasteiger partial charge in [-0.05, 0) is 26.3 Å². The number of carbonyl (C=O) groups is 1. The van der Waals surface area contributed by atoms with Crippen LogP contribution in [0.4, 0.5) is 0 Å². The monoisotopic (exact) mass is 322 g/mol. The molecule has 2 aromatic rings. The van der Waals surface area contributed by atoms with E-state index in [0.29, 0.717) is 30.6 Å². The standard InChI is InChI=1S/C15H22N4O2S/c1-8(7-16)19(4)12(20)6-5-11-17-14(21)13-9(2)10(3)22-15(13)18-11/h8H,5-7,16H2,1-4H3,(H,17,18,21). The van der Waals surface area contributed by atoms with Crippen LogP contribution in [0.3, 0.4) is 0 Å². The van der Waals surface area contributed by atoms with Gasteiger partial charge in [-0.3, -0.25) is 9.59 Å². The minimum atomic E-state index is -0.127. The number of nitrogens with two attached hydrogens (primary N) is 1. The summed E-state index contributed by atoms with van der Waals surface area (Å²) in [5.41, 5.74) is 6.42. The van der Waals surface area contributed by atoms with Crippen molar-refractivity contribution in [2.45, 2.75) is 39.7 Å². The fraction of sp³-hybridized carbons (Fsp3) is 0.533. The SMILES string of the molecule is Cc1sc2nc(CCC(=O)N(C)C(C)CN)[nH]c(=O)c2c1C. The van der Waals surface area contributed by atoms with Crippen molar-refractivity contribution < 1.29 is 4.79 Å². The number of H-pyrrole nitrogens is 1. The lowest BCUT2D eigenvalue weighted by Gasteiger charge is -2.23. The summed E-state index contributed by atoms with van der Waals surface area (Å²) >= 11 is 1.51. The van der Waals surface area contributed by atoms with Gasteiger partial charge in [-0.2, -0.15) is 0 Å². The first-order valence-electron chi connectivity index (χ1n) is 7.29. The van der Waals surface area contributed by atoms with Gasteiger partial charge < -0.3 is 15.6 Å². The zero-order valence-electron chi connectivity index (χ0n) is 13.4. The molecule has 0 fully saturated rings. The highest BCUT2D eigenvalue weighted by atomic mass is 32.1. The maximum Gasteiger partial charge on any atom is 0.259 e. The number of aromatic amines is 1. The van der Waals surface area contributed by atoms with Gasteiger partial charge in [-0.15, -0.1) is 11.3 Å². The summed E-state index contributed by atoms with van der Waals surface area (Å²) in [6.45, 7) is 6.24. The van der Waals surface area contributed by atoms with Gasteiger partial charge in [-0.25, -0.2) is 4.98 Å². The first-order chi connectivity index (χ1) is 10.3. The molecule has 2 rings (SSSR count). The van der Waals surface area contributed by atoms with E-state index in [9.17, 15) is 9.59 Å². The molecule has 0 aromatic carbocycles. The average molecular weight is 322 g/mol. The molecule has 1 amide bonds. The number of amides is 1. The van der Waals surface area contributed by atoms with E-state index < -0.39 is 0 Å². The van der Waals surface area contributed by atoms with Crippen LogP contribution in [0.15, 0.2) is 4.79 Å². The molecule has 2 aromatic heterocycles. The molecule has 2 heterocycles. The Morgan fingerprint density at radius 2 is 2.14 bits per heavy atom. The minimum absolute atomic E-state index is 0.000707. The maximum atomic E-state index is 12.2. The van der Waals surface area contributed by atoms with Crippen LogP contribution < -0.4 is 11.3 Å². The van der Waals surface area contributed by atoms with E-state index in [4.69, 9.17) is 5.73 Å². The Bertz CT molecular complexity index is 750. The van der Waals surface area contributed by atoms with Crippen molar-refractivity contribution in [3.8, 4) is 0 Å². The lowest BCUT2D eigenvalue weighted by Crippen LogP contribution is -2.39. The number of hydrogen-bond acceptors (Lipinski definition) is 5. The van der Waals surface area contributed by atoms with Gasteiger partial charge in [0.15, 0.2) is 0 Å². The number of hydrogen-bond donors (Lipinski definition) is 2. The average Bonchev–Trinajstić information content (AvgIpc) is 2.78. The van der Waals surface area contributed by atoms with Crippen molar-refractivity contribution in [1.82, 2.24) is 14.9 Å². The summed E-state index contributed by atoms with van der Waals surface area (Å²) in [5, 5.41) is 0.659. The van der Waals surface area contributed by atoms with Gasteiger partial charge >= 0.3 is 0 Å². The van der Waals surface area contributed by atoms with Gasteiger partial charge in [0.05, 0.1) is 5.39 Å². The topological polar surface area (TPSA) is 92.1 Å². The summed E-state index contributed by atoms with van der Waals surface area (Å²) in [5.74, 6) is 0.556. The Balaban J connectivity index is 2.16. The molecular weight excluding hydrogens is 300 g/mol. The smallest absolute Gasteiger partial charge is 0.259 e. The molecular formula is C15H22N4O2S. The molecule has 7 heteroatoms. The second-order valence-corrected chi connectivity index (χ2v) is 6.77. The van der Waals surface area contributed by atoms with Crippen LogP contribution in [0, 0.1) is 13.8 Å². The number of aryl methyl sites for hydroxylation is 3. The minimum Gasteiger partial charge on any atom is -0.342 e. The third-order valence-corrected chi connectivity index (χ3v) is 5.16. The Kier molecular flexibility index (Phi) is 4.97. The molecule has 0 radical (unpaired) electrons. The largest absolute Gasteiger partial charge is 0.342 e. The lowest BCUT2D eigenvalue weighted by molar-refractivity contribution is -0.131. The van der Waals surface area contributed by atoms with Crippen LogP contribution in [-0.2, 0) is 11.2 Å². The maximum absolute atomic E-state index is 12.2. The number of aromatic nitrogens is 2. The van der Waals surface area contributed by atoms with Gasteiger partial charge in [0.1, 0.15) is 10.7 Å². The summed E-state index contributed by atoms with van der Waals surface area (Å²) < 4.78 is 0. The third kappa shape index (κ3) is 3.20. The van der Waals surface area contributed by atoms with Gasteiger partial charge in [0, 0.05) is 37.4 Å². The molecule has 0 bridgehead atoms. The summed E-state index contributed by atoms with van der Waals surface area (Å²) in [6.07, 6.45) is 0.722. The van der Waals surface area contributed by atoms with E-state index in [-0.39, 0.29) is 17.5 Å². The molecule has 0 saturated heterocycles. The van der Waals surface area contributed by atoms with Crippen molar-refractivity contribution >= 4 is 27.5 Å². The predicted molar refractivity (Wildman–Crippen MR) is 89.3 cm³/mol. The van der Waals surface area contributed by atoms with Crippen LogP contribution >= 0.6 is 11.3 Å². The highest BCUT2D eigenvalue weighted by Gasteiger charge is 2.16. The molecule has 120 valence electrons. The van der Waals surface area contributed by atoms with Crippen LogP contribution in [0.2, 0.25) is 0 Å². The van der Waals surface area contributed by atoms with E-state index in [2.05, 4.69) is 9.97 Å². The molecule has 0 aliphatic carbocycles. The predicted octanol–water partition coefficient (Wildman–Crippen LogP) is 1.34. The molecule has 22 heavy (non-hydrogen) atoms. The van der Waals surface area contributed by atoms with Crippen molar-refractivity contribution in [3.63, 3.8) is 0 Å². The second kappa shape index (κ2) is 6.58. The molecule has 0 aliphatic heterocycles. The van der Waals surface area contributed by atoms with E-state index in [1.807, 2.05) is 20.8 Å². The number of nitrogens with one attached hydrogen (secondary N) is 1.